The van der Waals surface area contributed by atoms with Crippen LogP contribution in [0.25, 0.3) is 11.0 Å². The Hall–Kier alpha value is -2.83. The fourth-order valence-electron chi connectivity index (χ4n) is 3.79. The van der Waals surface area contributed by atoms with E-state index >= 15 is 0 Å². The molecule has 156 valence electrons. The zero-order valence-corrected chi connectivity index (χ0v) is 18.5. The molecule has 0 aliphatic rings. The van der Waals surface area contributed by atoms with Gasteiger partial charge in [-0.05, 0) is 31.4 Å². The number of rotatable bonds is 7. The monoisotopic (exact) mass is 395 g/mol. The number of fused-ring (bicyclic) bond motifs is 1. The maximum Gasteiger partial charge on any atom is 0.193 e. The molecule has 0 aliphatic carbocycles. The van der Waals surface area contributed by atoms with E-state index in [1.807, 2.05) is 24.8 Å². The van der Waals surface area contributed by atoms with Crippen molar-refractivity contribution in [3.63, 3.8) is 0 Å². The fraction of sp³-hybridized carbons (Fsp3) is 0.500. The van der Waals surface area contributed by atoms with Gasteiger partial charge in [0, 0.05) is 52.5 Å². The average Bonchev–Trinajstić information content (AvgIpc) is 3.20. The number of hydrogen-bond donors (Lipinski definition) is 1. The first kappa shape index (κ1) is 20.9. The lowest BCUT2D eigenvalue weighted by Gasteiger charge is -2.22. The molecule has 0 bridgehead atoms. The van der Waals surface area contributed by atoms with Gasteiger partial charge in [-0.15, -0.1) is 0 Å². The number of imidazole rings is 1. The molecule has 1 aromatic carbocycles. The lowest BCUT2D eigenvalue weighted by Crippen LogP contribution is -2.39. The van der Waals surface area contributed by atoms with Gasteiger partial charge in [0.15, 0.2) is 5.96 Å². The molecule has 3 aromatic rings. The van der Waals surface area contributed by atoms with Crippen LogP contribution in [0.5, 0.6) is 0 Å². The van der Waals surface area contributed by atoms with E-state index in [0.29, 0.717) is 5.92 Å². The summed E-state index contributed by atoms with van der Waals surface area (Å²) >= 11 is 0. The van der Waals surface area contributed by atoms with Crippen molar-refractivity contribution < 1.29 is 0 Å². The van der Waals surface area contributed by atoms with Gasteiger partial charge in [0.1, 0.15) is 5.82 Å². The molecule has 0 saturated heterocycles. The van der Waals surface area contributed by atoms with Gasteiger partial charge < -0.3 is 14.8 Å². The molecule has 0 aliphatic heterocycles. The number of aryl methyl sites for hydroxylation is 3. The normalized spacial score (nSPS) is 12.2. The number of hydrogen-bond acceptors (Lipinski definition) is 3. The zero-order chi connectivity index (χ0) is 21.0. The number of nitrogens with one attached hydrogen (secondary N) is 1. The van der Waals surface area contributed by atoms with E-state index in [2.05, 4.69) is 82.1 Å². The predicted molar refractivity (Wildman–Crippen MR) is 119 cm³/mol. The van der Waals surface area contributed by atoms with Crippen molar-refractivity contribution in [2.75, 3.05) is 20.6 Å². The van der Waals surface area contributed by atoms with Crippen molar-refractivity contribution in [3.8, 4) is 0 Å². The predicted octanol–water partition coefficient (Wildman–Crippen LogP) is 3.30. The molecule has 7 nitrogen and oxygen atoms in total. The van der Waals surface area contributed by atoms with Crippen LogP contribution >= 0.6 is 0 Å². The van der Waals surface area contributed by atoms with Crippen molar-refractivity contribution in [2.24, 2.45) is 12.0 Å². The van der Waals surface area contributed by atoms with E-state index in [0.717, 1.165) is 49.0 Å². The summed E-state index contributed by atoms with van der Waals surface area (Å²) in [7, 11) is 5.88. The molecule has 29 heavy (non-hydrogen) atoms. The highest BCUT2D eigenvalue weighted by atomic mass is 15.3. The molecule has 3 rings (SSSR count). The Bertz CT molecular complexity index is 980. The maximum absolute atomic E-state index is 4.65. The fourth-order valence-corrected chi connectivity index (χ4v) is 3.79. The molecule has 0 amide bonds. The SMILES string of the molecule is CN=C(NCCCn1c(C)nc2ccccc21)N(C)Cc1cn(C)nc1C(C)C. The number of nitrogens with zero attached hydrogens (tertiary/aromatic N) is 6. The molecule has 0 atom stereocenters. The average molecular weight is 396 g/mol. The molecule has 2 heterocycles. The molecule has 0 radical (unpaired) electrons. The van der Waals surface area contributed by atoms with Gasteiger partial charge in [0.05, 0.1) is 16.7 Å². The van der Waals surface area contributed by atoms with E-state index in [1.54, 1.807) is 0 Å². The molecule has 0 spiro atoms. The standard InChI is InChI=1S/C22H33N7/c1-16(2)21-18(15-28(6)26-21)14-27(5)22(23-4)24-12-9-13-29-17(3)25-19-10-7-8-11-20(19)29/h7-8,10-11,15-16H,9,12-14H2,1-6H3,(H,23,24). The summed E-state index contributed by atoms with van der Waals surface area (Å²) in [6, 6.07) is 8.31. The number of aromatic nitrogens is 4. The summed E-state index contributed by atoms with van der Waals surface area (Å²) in [5.41, 5.74) is 4.65. The minimum Gasteiger partial charge on any atom is -0.356 e. The van der Waals surface area contributed by atoms with Crippen LogP contribution in [0.3, 0.4) is 0 Å². The maximum atomic E-state index is 4.65. The quantitative estimate of drug-likeness (QED) is 0.379. The highest BCUT2D eigenvalue weighted by molar-refractivity contribution is 5.79. The third-order valence-corrected chi connectivity index (χ3v) is 5.15. The van der Waals surface area contributed by atoms with Crippen molar-refractivity contribution >= 4 is 17.0 Å². The number of benzene rings is 1. The van der Waals surface area contributed by atoms with Crippen LogP contribution in [-0.4, -0.2) is 50.8 Å². The van der Waals surface area contributed by atoms with Gasteiger partial charge in [0.25, 0.3) is 0 Å². The second-order valence-corrected chi connectivity index (χ2v) is 7.85. The largest absolute Gasteiger partial charge is 0.356 e. The Kier molecular flexibility index (Phi) is 6.56. The van der Waals surface area contributed by atoms with Crippen LogP contribution < -0.4 is 5.32 Å². The van der Waals surface area contributed by atoms with Gasteiger partial charge in [-0.1, -0.05) is 26.0 Å². The summed E-state index contributed by atoms with van der Waals surface area (Å²) in [4.78, 5) is 11.3. The first-order chi connectivity index (χ1) is 13.9. The van der Waals surface area contributed by atoms with E-state index in [4.69, 9.17) is 0 Å². The van der Waals surface area contributed by atoms with Gasteiger partial charge >= 0.3 is 0 Å². The van der Waals surface area contributed by atoms with Crippen molar-refractivity contribution in [1.29, 1.82) is 0 Å². The minimum atomic E-state index is 0.405. The second kappa shape index (κ2) is 9.11. The molecular formula is C22H33N7. The molecule has 7 heteroatoms. The highest BCUT2D eigenvalue weighted by Gasteiger charge is 2.15. The summed E-state index contributed by atoms with van der Waals surface area (Å²) in [5, 5.41) is 8.10. The van der Waals surface area contributed by atoms with Crippen molar-refractivity contribution in [3.05, 3.63) is 47.5 Å². The Balaban J connectivity index is 1.56. The lowest BCUT2D eigenvalue weighted by molar-refractivity contribution is 0.470. The van der Waals surface area contributed by atoms with Gasteiger partial charge in [-0.3, -0.25) is 9.67 Å². The third kappa shape index (κ3) is 4.78. The molecule has 2 aromatic heterocycles. The minimum absolute atomic E-state index is 0.405. The van der Waals surface area contributed by atoms with E-state index in [9.17, 15) is 0 Å². The molecule has 1 N–H and O–H groups in total. The second-order valence-electron chi connectivity index (χ2n) is 7.85. The van der Waals surface area contributed by atoms with E-state index in [1.165, 1.54) is 11.1 Å². The first-order valence-corrected chi connectivity index (χ1v) is 10.3. The summed E-state index contributed by atoms with van der Waals surface area (Å²) in [6.45, 7) is 9.00. The lowest BCUT2D eigenvalue weighted by atomic mass is 10.1. The van der Waals surface area contributed by atoms with Crippen LogP contribution in [-0.2, 0) is 20.1 Å². The Morgan fingerprint density at radius 3 is 2.76 bits per heavy atom. The van der Waals surface area contributed by atoms with E-state index < -0.39 is 0 Å². The van der Waals surface area contributed by atoms with Crippen LogP contribution in [0.4, 0.5) is 0 Å². The number of aliphatic imine (C=N–C) groups is 1. The summed E-state index contributed by atoms with van der Waals surface area (Å²) in [6.07, 6.45) is 3.10. The highest BCUT2D eigenvalue weighted by Crippen LogP contribution is 2.19. The molecule has 0 unspecified atom stereocenters. The topological polar surface area (TPSA) is 63.3 Å². The molecular weight excluding hydrogens is 362 g/mol. The first-order valence-electron chi connectivity index (χ1n) is 10.3. The summed E-state index contributed by atoms with van der Waals surface area (Å²) in [5.74, 6) is 2.36. The molecule has 0 fully saturated rings. The van der Waals surface area contributed by atoms with Gasteiger partial charge in [-0.25, -0.2) is 4.98 Å². The number of guanidine groups is 1. The zero-order valence-electron chi connectivity index (χ0n) is 18.5. The summed E-state index contributed by atoms with van der Waals surface area (Å²) < 4.78 is 4.18. The third-order valence-electron chi connectivity index (χ3n) is 5.15. The Morgan fingerprint density at radius 1 is 1.28 bits per heavy atom. The van der Waals surface area contributed by atoms with Gasteiger partial charge in [-0.2, -0.15) is 5.10 Å². The van der Waals surface area contributed by atoms with Crippen molar-refractivity contribution in [2.45, 2.75) is 46.2 Å². The van der Waals surface area contributed by atoms with Crippen molar-refractivity contribution in [1.82, 2.24) is 29.5 Å². The van der Waals surface area contributed by atoms with E-state index in [-0.39, 0.29) is 0 Å². The van der Waals surface area contributed by atoms with Crippen LogP contribution in [0.1, 0.15) is 43.3 Å². The van der Waals surface area contributed by atoms with Crippen LogP contribution in [0.15, 0.2) is 35.5 Å². The number of para-hydroxylation sites is 2. The smallest absolute Gasteiger partial charge is 0.193 e. The molecule has 0 saturated carbocycles. The Morgan fingerprint density at radius 2 is 2.03 bits per heavy atom. The van der Waals surface area contributed by atoms with Crippen LogP contribution in [0.2, 0.25) is 0 Å². The Labute approximate surface area is 173 Å². The van der Waals surface area contributed by atoms with Crippen LogP contribution in [0, 0.1) is 6.92 Å². The van der Waals surface area contributed by atoms with Gasteiger partial charge in [0.2, 0.25) is 0 Å².